The van der Waals surface area contributed by atoms with E-state index >= 15 is 0 Å². The molecule has 28 heavy (non-hydrogen) atoms. The van der Waals surface area contributed by atoms with Gasteiger partial charge in [-0.2, -0.15) is 47.9 Å². The van der Waals surface area contributed by atoms with E-state index in [1.807, 2.05) is 0 Å². The minimum absolute atomic E-state index is 0.113. The lowest BCUT2D eigenvalue weighted by Gasteiger charge is -2.32. The van der Waals surface area contributed by atoms with Gasteiger partial charge < -0.3 is 0 Å². The van der Waals surface area contributed by atoms with Crippen LogP contribution in [0.5, 0.6) is 0 Å². The average molecular weight is 449 g/mol. The first-order valence-electron chi connectivity index (χ1n) is 7.15. The van der Waals surface area contributed by atoms with Gasteiger partial charge >= 0.3 is 33.4 Å². The zero-order chi connectivity index (χ0) is 21.9. The number of carbonyl (C=O) groups excluding carboxylic acids is 2. The maximum atomic E-state index is 13.6. The number of imide groups is 1. The summed E-state index contributed by atoms with van der Waals surface area (Å²) >= 11 is 0. The molecule has 0 unspecified atom stereocenters. The van der Waals surface area contributed by atoms with Crippen molar-refractivity contribution in [2.75, 3.05) is 0 Å². The molecule has 6 nitrogen and oxygen atoms in total. The van der Waals surface area contributed by atoms with Crippen LogP contribution in [0.4, 0.5) is 39.5 Å². The molecule has 2 aliphatic rings. The summed E-state index contributed by atoms with van der Waals surface area (Å²) in [5.41, 5.74) is -0.718. The zero-order valence-electron chi connectivity index (χ0n) is 13.1. The number of nitrogens with zero attached hydrogens (tertiary/aromatic N) is 1. The number of hydrogen-bond donors (Lipinski definition) is 0. The second kappa shape index (κ2) is 6.33. The molecule has 0 saturated carbocycles. The molecule has 0 atom stereocenters. The molecule has 0 N–H and O–H groups in total. The largest absolute Gasteiger partial charge is 0.460 e. The third kappa shape index (κ3) is 2.96. The fraction of sp³-hybridized carbons (Fsp3) is 0.667. The molecule has 2 rings (SSSR count). The molecule has 0 fully saturated rings. The lowest BCUT2D eigenvalue weighted by atomic mass is 9.93. The van der Waals surface area contributed by atoms with Crippen LogP contribution in [-0.2, 0) is 24.0 Å². The summed E-state index contributed by atoms with van der Waals surface area (Å²) in [7, 11) is -7.36. The average Bonchev–Trinajstić information content (AvgIpc) is 2.78. The van der Waals surface area contributed by atoms with Crippen molar-refractivity contribution in [1.29, 1.82) is 0 Å². The Balaban J connectivity index is 2.39. The van der Waals surface area contributed by atoms with Crippen LogP contribution in [0, 0.1) is 0 Å². The van der Waals surface area contributed by atoms with Gasteiger partial charge in [0.2, 0.25) is 0 Å². The summed E-state index contributed by atoms with van der Waals surface area (Å²) in [5, 5.41) is -8.04. The van der Waals surface area contributed by atoms with Gasteiger partial charge in [0.1, 0.15) is 0 Å². The molecule has 160 valence electrons. The van der Waals surface area contributed by atoms with Crippen LogP contribution in [0.1, 0.15) is 25.7 Å². The van der Waals surface area contributed by atoms with E-state index < -0.39 is 50.3 Å². The molecule has 1 heterocycles. The molecule has 0 aromatic rings. The van der Waals surface area contributed by atoms with E-state index in [0.717, 1.165) is 0 Å². The van der Waals surface area contributed by atoms with Gasteiger partial charge in [-0.1, -0.05) is 0 Å². The van der Waals surface area contributed by atoms with Crippen molar-refractivity contribution in [3.8, 4) is 0 Å². The second-order valence-corrected chi connectivity index (χ2v) is 7.33. The van der Waals surface area contributed by atoms with Crippen LogP contribution in [-0.4, -0.2) is 48.6 Å². The molecule has 0 aromatic heterocycles. The van der Waals surface area contributed by atoms with Gasteiger partial charge in [0.25, 0.3) is 11.8 Å². The minimum atomic E-state index is -7.53. The molecular weight excluding hydrogens is 441 g/mol. The SMILES string of the molecule is O=C1C2=C(CCCC2)C(=O)N1OS(=O)(=O)C(F)(F)C(F)(F)C(F)(F)C(F)(F)F. The van der Waals surface area contributed by atoms with Crippen molar-refractivity contribution in [2.24, 2.45) is 0 Å². The molecule has 0 saturated heterocycles. The van der Waals surface area contributed by atoms with E-state index in [9.17, 15) is 57.5 Å². The smallest absolute Gasteiger partial charge is 0.267 e. The van der Waals surface area contributed by atoms with Crippen molar-refractivity contribution in [2.45, 2.75) is 49.0 Å². The molecule has 0 aromatic carbocycles. The van der Waals surface area contributed by atoms with Crippen LogP contribution in [0.25, 0.3) is 0 Å². The Kier molecular flexibility index (Phi) is 5.08. The van der Waals surface area contributed by atoms with Crippen LogP contribution in [0.3, 0.4) is 0 Å². The van der Waals surface area contributed by atoms with Crippen LogP contribution < -0.4 is 0 Å². The molecule has 2 amide bonds. The summed E-state index contributed by atoms with van der Waals surface area (Å²) in [6, 6.07) is 0. The van der Waals surface area contributed by atoms with Gasteiger partial charge in [-0.15, -0.1) is 9.35 Å². The molecule has 0 spiro atoms. The van der Waals surface area contributed by atoms with E-state index in [1.165, 1.54) is 0 Å². The van der Waals surface area contributed by atoms with Crippen molar-refractivity contribution in [3.05, 3.63) is 11.1 Å². The first-order valence-corrected chi connectivity index (χ1v) is 8.56. The Morgan fingerprint density at radius 3 is 1.50 bits per heavy atom. The third-order valence-electron chi connectivity index (χ3n) is 3.96. The Hall–Kier alpha value is -1.84. The van der Waals surface area contributed by atoms with E-state index in [2.05, 4.69) is 4.28 Å². The van der Waals surface area contributed by atoms with Crippen LogP contribution in [0.15, 0.2) is 11.1 Å². The highest BCUT2D eigenvalue weighted by atomic mass is 32.2. The number of carbonyl (C=O) groups is 2. The predicted molar refractivity (Wildman–Crippen MR) is 68.2 cm³/mol. The first kappa shape index (κ1) is 22.4. The number of alkyl halides is 9. The molecule has 16 heteroatoms. The van der Waals surface area contributed by atoms with Gasteiger partial charge in [-0.25, -0.2) is 0 Å². The predicted octanol–water partition coefficient (Wildman–Crippen LogP) is 2.91. The zero-order valence-corrected chi connectivity index (χ0v) is 13.9. The van der Waals surface area contributed by atoms with Gasteiger partial charge in [0, 0.05) is 11.1 Å². The summed E-state index contributed by atoms with van der Waals surface area (Å²) in [5.74, 6) is -18.3. The summed E-state index contributed by atoms with van der Waals surface area (Å²) in [6.07, 6.45) is -6.83. The van der Waals surface area contributed by atoms with Crippen molar-refractivity contribution in [3.63, 3.8) is 0 Å². The number of hydroxylamine groups is 2. The minimum Gasteiger partial charge on any atom is -0.267 e. The fourth-order valence-electron chi connectivity index (χ4n) is 2.45. The highest BCUT2D eigenvalue weighted by molar-refractivity contribution is 7.87. The quantitative estimate of drug-likeness (QED) is 0.477. The lowest BCUT2D eigenvalue weighted by molar-refractivity contribution is -0.383. The first-order chi connectivity index (χ1) is 12.4. The maximum absolute atomic E-state index is 13.6. The van der Waals surface area contributed by atoms with Crippen molar-refractivity contribution in [1.82, 2.24) is 5.06 Å². The third-order valence-corrected chi connectivity index (χ3v) is 5.19. The van der Waals surface area contributed by atoms with E-state index in [-0.39, 0.29) is 24.0 Å². The molecule has 0 radical (unpaired) electrons. The molecular formula is C12H8F9NO5S. The lowest BCUT2D eigenvalue weighted by Crippen LogP contribution is -2.64. The van der Waals surface area contributed by atoms with Gasteiger partial charge in [0.15, 0.2) is 0 Å². The number of amides is 2. The molecule has 0 bridgehead atoms. The highest BCUT2D eigenvalue weighted by Gasteiger charge is 2.86. The molecule has 1 aliphatic carbocycles. The molecule has 1 aliphatic heterocycles. The fourth-order valence-corrected chi connectivity index (χ4v) is 3.31. The van der Waals surface area contributed by atoms with Gasteiger partial charge in [0.05, 0.1) is 0 Å². The summed E-state index contributed by atoms with van der Waals surface area (Å²) in [4.78, 5) is 23.7. The van der Waals surface area contributed by atoms with E-state index in [4.69, 9.17) is 0 Å². The standard InChI is InChI=1S/C12H8F9NO5S/c13-9(14,11(17,18)19)10(15,16)12(20,21)28(25,26)27-22-7(23)5-3-1-2-4-6(5)8(22)24/h1-4H2. The Morgan fingerprint density at radius 2 is 1.14 bits per heavy atom. The van der Waals surface area contributed by atoms with E-state index in [0.29, 0.717) is 12.8 Å². The maximum Gasteiger partial charge on any atom is 0.460 e. The normalized spacial score (nSPS) is 20.1. The summed E-state index contributed by atoms with van der Waals surface area (Å²) < 4.78 is 142. The Morgan fingerprint density at radius 1 is 0.750 bits per heavy atom. The summed E-state index contributed by atoms with van der Waals surface area (Å²) in [6.45, 7) is 0. The van der Waals surface area contributed by atoms with Crippen LogP contribution in [0.2, 0.25) is 0 Å². The topological polar surface area (TPSA) is 80.8 Å². The monoisotopic (exact) mass is 449 g/mol. The van der Waals surface area contributed by atoms with Gasteiger partial charge in [-0.3, -0.25) is 9.59 Å². The second-order valence-electron chi connectivity index (χ2n) is 5.76. The van der Waals surface area contributed by atoms with Gasteiger partial charge in [-0.05, 0) is 25.7 Å². The highest BCUT2D eigenvalue weighted by Crippen LogP contribution is 2.55. The van der Waals surface area contributed by atoms with Crippen molar-refractivity contribution < 1.29 is 61.8 Å². The Bertz CT molecular complexity index is 818. The number of hydrogen-bond acceptors (Lipinski definition) is 5. The number of rotatable bonds is 5. The van der Waals surface area contributed by atoms with Crippen LogP contribution >= 0.6 is 0 Å². The van der Waals surface area contributed by atoms with Crippen molar-refractivity contribution >= 4 is 21.9 Å². The Labute approximate surface area is 150 Å². The van der Waals surface area contributed by atoms with E-state index in [1.54, 1.807) is 0 Å². The number of halogens is 9.